The van der Waals surface area contributed by atoms with Gasteiger partial charge in [-0.2, -0.15) is 22.6 Å². The lowest BCUT2D eigenvalue weighted by atomic mass is 10.1. The topological polar surface area (TPSA) is 89.2 Å². The summed E-state index contributed by atoms with van der Waals surface area (Å²) in [7, 11) is -0.519. The third-order valence-electron chi connectivity index (χ3n) is 4.82. The van der Waals surface area contributed by atoms with Crippen LogP contribution in [0.1, 0.15) is 46.0 Å². The highest BCUT2D eigenvalue weighted by Crippen LogP contribution is 2.32. The van der Waals surface area contributed by atoms with E-state index < -0.39 is 40.1 Å². The molecule has 186 valence electrons. The minimum atomic E-state index is -4.83. The summed E-state index contributed by atoms with van der Waals surface area (Å²) in [6.45, 7) is 5.40. The monoisotopic (exact) mass is 545 g/mol. The van der Waals surface area contributed by atoms with Gasteiger partial charge >= 0.3 is 6.18 Å². The van der Waals surface area contributed by atoms with Gasteiger partial charge in [-0.1, -0.05) is 47.7 Å². The lowest BCUT2D eigenvalue weighted by Gasteiger charge is -2.14. The maximum Gasteiger partial charge on any atom is 0.435 e. The van der Waals surface area contributed by atoms with Gasteiger partial charge in [0.15, 0.2) is 11.5 Å². The number of aryl methyl sites for hydroxylation is 1. The van der Waals surface area contributed by atoms with Crippen molar-refractivity contribution in [3.8, 4) is 5.82 Å². The Bertz CT molecular complexity index is 1320. The Hall–Kier alpha value is -2.76. The van der Waals surface area contributed by atoms with Crippen molar-refractivity contribution in [1.82, 2.24) is 14.8 Å². The molecule has 0 aliphatic heterocycles. The minimum absolute atomic E-state index is 0.0121. The van der Waals surface area contributed by atoms with E-state index >= 15 is 0 Å². The maximum absolute atomic E-state index is 13.4. The predicted octanol–water partition coefficient (Wildman–Crippen LogP) is 6.14. The molecule has 1 aromatic carbocycles. The third kappa shape index (κ3) is 6.09. The molecule has 0 atom stereocenters. The van der Waals surface area contributed by atoms with E-state index in [0.717, 1.165) is 0 Å². The molecule has 2 aromatic heterocycles. The predicted molar refractivity (Wildman–Crippen MR) is 131 cm³/mol. The number of carbonyl (C=O) groups is 2. The van der Waals surface area contributed by atoms with Gasteiger partial charge in [0.2, 0.25) is 0 Å². The average molecular weight is 546 g/mol. The Morgan fingerprint density at radius 2 is 1.86 bits per heavy atom. The summed E-state index contributed by atoms with van der Waals surface area (Å²) < 4.78 is 45.2. The fraction of sp³-hybridized carbons (Fsp3) is 0.273. The van der Waals surface area contributed by atoms with Crippen LogP contribution in [0.25, 0.3) is 5.82 Å². The van der Waals surface area contributed by atoms with Crippen LogP contribution in [0.15, 0.2) is 40.9 Å². The summed E-state index contributed by atoms with van der Waals surface area (Å²) in [5.74, 6) is -0.389. The molecular formula is C22H20Cl2F3N5O2S. The normalized spacial score (nSPS) is 11.6. The zero-order valence-corrected chi connectivity index (χ0v) is 21.1. The van der Waals surface area contributed by atoms with Crippen molar-refractivity contribution in [1.29, 1.82) is 0 Å². The molecule has 3 rings (SSSR count). The Balaban J connectivity index is 2.11. The van der Waals surface area contributed by atoms with Gasteiger partial charge in [0, 0.05) is 28.8 Å². The Labute approximate surface area is 211 Å². The summed E-state index contributed by atoms with van der Waals surface area (Å²) in [4.78, 5) is 30.1. The Morgan fingerprint density at radius 1 is 1.17 bits per heavy atom. The van der Waals surface area contributed by atoms with Crippen LogP contribution in [-0.4, -0.2) is 38.1 Å². The number of hydrogen-bond acceptors (Lipinski definition) is 4. The summed E-state index contributed by atoms with van der Waals surface area (Å²) in [5, 5.41) is 6.28. The van der Waals surface area contributed by atoms with E-state index in [-0.39, 0.29) is 27.1 Å². The van der Waals surface area contributed by atoms with E-state index in [2.05, 4.69) is 19.8 Å². The van der Waals surface area contributed by atoms with E-state index in [0.29, 0.717) is 27.8 Å². The van der Waals surface area contributed by atoms with Gasteiger partial charge in [-0.05, 0) is 36.8 Å². The Kier molecular flexibility index (Phi) is 8.34. The van der Waals surface area contributed by atoms with Gasteiger partial charge in [0.25, 0.3) is 11.8 Å². The SMILES string of the molecule is CCS(CC)=NC(=O)c1cc(Cl)cc(C)c1NC(=O)c1cc(C(F)(F)F)nn1-c1ncccc1Cl. The van der Waals surface area contributed by atoms with E-state index in [1.807, 2.05) is 13.8 Å². The highest BCUT2D eigenvalue weighted by atomic mass is 35.5. The molecule has 2 heterocycles. The van der Waals surface area contributed by atoms with Crippen molar-refractivity contribution in [2.24, 2.45) is 4.36 Å². The second-order valence-electron chi connectivity index (χ2n) is 7.17. The number of pyridine rings is 1. The molecule has 35 heavy (non-hydrogen) atoms. The molecule has 0 aliphatic carbocycles. The molecule has 0 aliphatic rings. The molecule has 0 radical (unpaired) electrons. The lowest BCUT2D eigenvalue weighted by molar-refractivity contribution is -0.141. The number of anilines is 1. The highest BCUT2D eigenvalue weighted by Gasteiger charge is 2.36. The van der Waals surface area contributed by atoms with Gasteiger partial charge in [0.05, 0.1) is 16.3 Å². The first-order valence-corrected chi connectivity index (χ1v) is 12.6. The molecule has 13 heteroatoms. The molecule has 0 bridgehead atoms. The number of halogens is 5. The first-order valence-electron chi connectivity index (χ1n) is 10.3. The van der Waals surface area contributed by atoms with Crippen molar-refractivity contribution >= 4 is 51.4 Å². The fourth-order valence-electron chi connectivity index (χ4n) is 3.13. The summed E-state index contributed by atoms with van der Waals surface area (Å²) in [5.41, 5.74) is -1.25. The molecule has 7 nitrogen and oxygen atoms in total. The number of amides is 2. The van der Waals surface area contributed by atoms with E-state index in [9.17, 15) is 22.8 Å². The second kappa shape index (κ2) is 10.9. The van der Waals surface area contributed by atoms with E-state index in [1.165, 1.54) is 30.5 Å². The molecule has 2 amide bonds. The smallest absolute Gasteiger partial charge is 0.320 e. The van der Waals surface area contributed by atoms with Gasteiger partial charge in [-0.25, -0.2) is 9.67 Å². The summed E-state index contributed by atoms with van der Waals surface area (Å²) >= 11 is 12.2. The number of nitrogens with one attached hydrogen (secondary N) is 1. The Morgan fingerprint density at radius 3 is 2.46 bits per heavy atom. The number of hydrogen-bond donors (Lipinski definition) is 1. The van der Waals surface area contributed by atoms with Crippen molar-refractivity contribution in [3.63, 3.8) is 0 Å². The largest absolute Gasteiger partial charge is 0.435 e. The molecule has 3 aromatic rings. The number of nitrogens with zero attached hydrogens (tertiary/aromatic N) is 4. The summed E-state index contributed by atoms with van der Waals surface area (Å²) in [6, 6.07) is 6.35. The average Bonchev–Trinajstić information content (AvgIpc) is 3.25. The number of benzene rings is 1. The summed E-state index contributed by atoms with van der Waals surface area (Å²) in [6.07, 6.45) is -3.52. The van der Waals surface area contributed by atoms with Gasteiger partial charge in [-0.3, -0.25) is 9.59 Å². The number of rotatable bonds is 6. The second-order valence-corrected chi connectivity index (χ2v) is 10.3. The van der Waals surface area contributed by atoms with Gasteiger partial charge in [-0.15, -0.1) is 0 Å². The van der Waals surface area contributed by atoms with Crippen LogP contribution >= 0.6 is 23.2 Å². The molecular weight excluding hydrogens is 526 g/mol. The van der Waals surface area contributed by atoms with Crippen LogP contribution in [0, 0.1) is 6.92 Å². The molecule has 0 saturated carbocycles. The van der Waals surface area contributed by atoms with Gasteiger partial charge < -0.3 is 5.32 Å². The van der Waals surface area contributed by atoms with Crippen LogP contribution in [0.2, 0.25) is 10.0 Å². The highest BCUT2D eigenvalue weighted by molar-refractivity contribution is 7.87. The van der Waals surface area contributed by atoms with Crippen LogP contribution in [0.4, 0.5) is 18.9 Å². The van der Waals surface area contributed by atoms with Crippen LogP contribution < -0.4 is 5.32 Å². The standard InChI is InChI=1S/C22H20Cl2F3N5O2S/c1-4-35(5-2)31-20(33)14-10-13(23)9-12(3)18(14)29-21(34)16-11-17(22(25,26)27)30-32(16)19-15(24)7-6-8-28-19/h6-11H,4-5H2,1-3H3,(H,29,34). The minimum Gasteiger partial charge on any atom is -0.320 e. The molecule has 0 fully saturated rings. The molecule has 0 unspecified atom stereocenters. The zero-order valence-electron chi connectivity index (χ0n) is 18.8. The molecule has 0 spiro atoms. The van der Waals surface area contributed by atoms with Crippen LogP contribution in [-0.2, 0) is 16.9 Å². The van der Waals surface area contributed by atoms with E-state index in [1.54, 1.807) is 6.92 Å². The first-order chi connectivity index (χ1) is 16.5. The number of aromatic nitrogens is 3. The van der Waals surface area contributed by atoms with Crippen molar-refractivity contribution in [2.45, 2.75) is 26.9 Å². The van der Waals surface area contributed by atoms with Gasteiger partial charge in [0.1, 0.15) is 5.69 Å². The lowest BCUT2D eigenvalue weighted by Crippen LogP contribution is -2.20. The number of carbonyl (C=O) groups excluding carboxylic acids is 2. The molecule has 1 N–H and O–H groups in total. The number of alkyl halides is 3. The van der Waals surface area contributed by atoms with E-state index in [4.69, 9.17) is 23.2 Å². The van der Waals surface area contributed by atoms with Crippen LogP contribution in [0.5, 0.6) is 0 Å². The fourth-order valence-corrected chi connectivity index (χ4v) is 4.60. The quantitative estimate of drug-likeness (QED) is 0.403. The van der Waals surface area contributed by atoms with Crippen molar-refractivity contribution in [2.75, 3.05) is 16.8 Å². The van der Waals surface area contributed by atoms with Crippen molar-refractivity contribution in [3.05, 3.63) is 69.1 Å². The molecule has 0 saturated heterocycles. The third-order valence-corrected chi connectivity index (χ3v) is 7.09. The zero-order chi connectivity index (χ0) is 25.9. The maximum atomic E-state index is 13.4. The van der Waals surface area contributed by atoms with Crippen LogP contribution in [0.3, 0.4) is 0 Å². The van der Waals surface area contributed by atoms with Crippen molar-refractivity contribution < 1.29 is 22.8 Å². The first kappa shape index (κ1) is 26.8.